The third kappa shape index (κ3) is 5.03. The van der Waals surface area contributed by atoms with Crippen LogP contribution in [0.4, 0.5) is 5.82 Å². The molecule has 0 unspecified atom stereocenters. The Kier molecular flexibility index (Phi) is 7.99. The second kappa shape index (κ2) is 11.0. The summed E-state index contributed by atoms with van der Waals surface area (Å²) in [6, 6.07) is 3.74. The smallest absolute Gasteiger partial charge is 0.267 e. The van der Waals surface area contributed by atoms with Gasteiger partial charge in [0, 0.05) is 59.2 Å². The number of piperazine rings is 1. The fraction of sp³-hybridized carbons (Fsp3) is 0.478. The van der Waals surface area contributed by atoms with Crippen LogP contribution in [0.25, 0.3) is 11.7 Å². The third-order valence-electron chi connectivity index (χ3n) is 6.03. The Labute approximate surface area is 208 Å². The topological polar surface area (TPSA) is 90.6 Å². The molecule has 2 fully saturated rings. The van der Waals surface area contributed by atoms with E-state index in [1.165, 1.54) is 16.2 Å². The zero-order valence-corrected chi connectivity index (χ0v) is 21.0. The van der Waals surface area contributed by atoms with Gasteiger partial charge in [-0.15, -0.1) is 0 Å². The van der Waals surface area contributed by atoms with E-state index in [2.05, 4.69) is 9.80 Å². The first kappa shape index (κ1) is 24.8. The number of aromatic nitrogens is 2. The number of hydrogen-bond acceptors (Lipinski definition) is 9. The van der Waals surface area contributed by atoms with E-state index < -0.39 is 0 Å². The lowest BCUT2D eigenvalue weighted by Crippen LogP contribution is -2.48. The van der Waals surface area contributed by atoms with Gasteiger partial charge in [-0.25, -0.2) is 4.98 Å². The van der Waals surface area contributed by atoms with E-state index in [1.807, 2.05) is 19.1 Å². The molecular formula is C23H29N5O4S2. The number of anilines is 1. The molecule has 0 aromatic carbocycles. The van der Waals surface area contributed by atoms with E-state index in [1.54, 1.807) is 24.3 Å². The highest BCUT2D eigenvalue weighted by Crippen LogP contribution is 2.33. The van der Waals surface area contributed by atoms with E-state index in [0.717, 1.165) is 18.7 Å². The first-order chi connectivity index (χ1) is 16.4. The van der Waals surface area contributed by atoms with Crippen LogP contribution in [0.3, 0.4) is 0 Å². The van der Waals surface area contributed by atoms with Crippen LogP contribution >= 0.6 is 24.0 Å². The highest BCUT2D eigenvalue weighted by Gasteiger charge is 2.33. The number of methoxy groups -OCH3 is 1. The average Bonchev–Trinajstić information content (AvgIpc) is 3.09. The maximum Gasteiger partial charge on any atom is 0.267 e. The fourth-order valence-electron chi connectivity index (χ4n) is 4.18. The SMILES string of the molecule is COCCCN1C(=O)/C(=C/c2c(N3CCN(CCO)CC3)nc3c(C)cccn3c2=O)SC1=S. The Balaban J connectivity index is 1.74. The summed E-state index contributed by atoms with van der Waals surface area (Å²) in [6.45, 7) is 6.55. The van der Waals surface area contributed by atoms with Gasteiger partial charge in [0.1, 0.15) is 15.8 Å². The van der Waals surface area contributed by atoms with Crippen LogP contribution in [0, 0.1) is 6.92 Å². The summed E-state index contributed by atoms with van der Waals surface area (Å²) in [5, 5.41) is 9.25. The van der Waals surface area contributed by atoms with E-state index in [0.29, 0.717) is 65.5 Å². The molecule has 9 nitrogen and oxygen atoms in total. The van der Waals surface area contributed by atoms with Crippen molar-refractivity contribution in [1.82, 2.24) is 19.2 Å². The van der Waals surface area contributed by atoms with Crippen molar-refractivity contribution in [1.29, 1.82) is 0 Å². The van der Waals surface area contributed by atoms with Gasteiger partial charge in [0.25, 0.3) is 11.5 Å². The second-order valence-electron chi connectivity index (χ2n) is 8.27. The number of ether oxygens (including phenoxy) is 1. The number of aliphatic hydroxyl groups excluding tert-OH is 1. The van der Waals surface area contributed by atoms with Crippen LogP contribution in [-0.2, 0) is 9.53 Å². The maximum atomic E-state index is 13.6. The largest absolute Gasteiger partial charge is 0.395 e. The van der Waals surface area contributed by atoms with Crippen molar-refractivity contribution in [3.63, 3.8) is 0 Å². The summed E-state index contributed by atoms with van der Waals surface area (Å²) in [5.74, 6) is 0.381. The maximum absolute atomic E-state index is 13.6. The van der Waals surface area contributed by atoms with Crippen LogP contribution in [0.5, 0.6) is 0 Å². The molecule has 0 atom stereocenters. The van der Waals surface area contributed by atoms with Gasteiger partial charge in [-0.1, -0.05) is 30.0 Å². The first-order valence-electron chi connectivity index (χ1n) is 11.3. The molecule has 34 heavy (non-hydrogen) atoms. The molecule has 182 valence electrons. The molecule has 1 amide bonds. The molecule has 11 heteroatoms. The fourth-order valence-corrected chi connectivity index (χ4v) is 5.47. The van der Waals surface area contributed by atoms with Crippen molar-refractivity contribution in [2.45, 2.75) is 13.3 Å². The number of nitrogens with zero attached hydrogens (tertiary/aromatic N) is 5. The lowest BCUT2D eigenvalue weighted by Gasteiger charge is -2.35. The van der Waals surface area contributed by atoms with E-state index in [9.17, 15) is 14.7 Å². The molecule has 4 rings (SSSR count). The summed E-state index contributed by atoms with van der Waals surface area (Å²) < 4.78 is 7.11. The van der Waals surface area contributed by atoms with Gasteiger partial charge in [-0.3, -0.25) is 23.8 Å². The average molecular weight is 504 g/mol. The minimum absolute atomic E-state index is 0.117. The standard InChI is InChI=1S/C23H29N5O4S2/c1-16-5-3-6-27-19(16)24-20(26-10-8-25(9-11-26)12-13-29)17(21(27)30)15-18-22(31)28(23(33)34-18)7-4-14-32-2/h3,5-6,15,29H,4,7-14H2,1-2H3/b18-15-. The van der Waals surface area contributed by atoms with Crippen LogP contribution in [0.2, 0.25) is 0 Å². The molecular weight excluding hydrogens is 474 g/mol. The summed E-state index contributed by atoms with van der Waals surface area (Å²) in [4.78, 5) is 37.8. The van der Waals surface area contributed by atoms with Gasteiger partial charge in [0.2, 0.25) is 0 Å². The van der Waals surface area contributed by atoms with Gasteiger partial charge in [0.15, 0.2) is 0 Å². The molecule has 1 N–H and O–H groups in total. The van der Waals surface area contributed by atoms with Crippen LogP contribution in [0.1, 0.15) is 17.5 Å². The number of amides is 1. The van der Waals surface area contributed by atoms with Gasteiger partial charge in [-0.2, -0.15) is 0 Å². The Morgan fingerprint density at radius 1 is 1.24 bits per heavy atom. The number of pyridine rings is 1. The zero-order valence-electron chi connectivity index (χ0n) is 19.4. The van der Waals surface area contributed by atoms with E-state index >= 15 is 0 Å². The van der Waals surface area contributed by atoms with Gasteiger partial charge in [0.05, 0.1) is 17.1 Å². The zero-order chi connectivity index (χ0) is 24.2. The number of β-amino-alcohol motifs (C(OH)–C–C–N with tert-alkyl or cyclic N) is 1. The summed E-state index contributed by atoms with van der Waals surface area (Å²) in [5.41, 5.74) is 1.67. The second-order valence-corrected chi connectivity index (χ2v) is 9.95. The quantitative estimate of drug-likeness (QED) is 0.326. The van der Waals surface area contributed by atoms with E-state index in [-0.39, 0.29) is 18.1 Å². The van der Waals surface area contributed by atoms with Crippen molar-refractivity contribution in [2.75, 3.05) is 64.5 Å². The lowest BCUT2D eigenvalue weighted by atomic mass is 10.2. The van der Waals surface area contributed by atoms with Crippen molar-refractivity contribution < 1.29 is 14.6 Å². The molecule has 2 aliphatic heterocycles. The molecule has 2 aromatic rings. The normalized spacial score (nSPS) is 18.6. The molecule has 0 saturated carbocycles. The van der Waals surface area contributed by atoms with Crippen molar-refractivity contribution in [3.05, 3.63) is 44.7 Å². The van der Waals surface area contributed by atoms with Crippen LogP contribution in [0.15, 0.2) is 28.0 Å². The number of rotatable bonds is 8. The molecule has 2 saturated heterocycles. The number of fused-ring (bicyclic) bond motifs is 1. The third-order valence-corrected chi connectivity index (χ3v) is 7.41. The van der Waals surface area contributed by atoms with Crippen LogP contribution in [-0.4, -0.2) is 94.1 Å². The van der Waals surface area contributed by atoms with Crippen molar-refractivity contribution in [2.24, 2.45) is 0 Å². The number of hydrogen-bond donors (Lipinski definition) is 1. The number of carbonyl (C=O) groups excluding carboxylic acids is 1. The number of aryl methyl sites for hydroxylation is 1. The predicted molar refractivity (Wildman–Crippen MR) is 138 cm³/mol. The number of carbonyl (C=O) groups is 1. The molecule has 2 aliphatic rings. The minimum Gasteiger partial charge on any atom is -0.395 e. The molecule has 2 aromatic heterocycles. The Bertz CT molecular complexity index is 1170. The summed E-state index contributed by atoms with van der Waals surface area (Å²) in [7, 11) is 1.62. The molecule has 0 bridgehead atoms. The number of thioether (sulfide) groups is 1. The molecule has 4 heterocycles. The first-order valence-corrected chi connectivity index (χ1v) is 12.5. The van der Waals surface area contributed by atoms with E-state index in [4.69, 9.17) is 21.9 Å². The summed E-state index contributed by atoms with van der Waals surface area (Å²) in [6.07, 6.45) is 4.03. The Morgan fingerprint density at radius 2 is 2.00 bits per heavy atom. The van der Waals surface area contributed by atoms with Crippen molar-refractivity contribution in [3.8, 4) is 0 Å². The minimum atomic E-state index is -0.217. The number of thiocarbonyl (C=S) groups is 1. The molecule has 0 spiro atoms. The van der Waals surface area contributed by atoms with Crippen LogP contribution < -0.4 is 10.5 Å². The van der Waals surface area contributed by atoms with Crippen molar-refractivity contribution >= 4 is 51.7 Å². The van der Waals surface area contributed by atoms with Gasteiger partial charge in [-0.05, 0) is 31.1 Å². The number of aliphatic hydroxyl groups is 1. The monoisotopic (exact) mass is 503 g/mol. The summed E-state index contributed by atoms with van der Waals surface area (Å²) >= 11 is 6.65. The lowest BCUT2D eigenvalue weighted by molar-refractivity contribution is -0.122. The Morgan fingerprint density at radius 3 is 2.71 bits per heavy atom. The predicted octanol–water partition coefficient (Wildman–Crippen LogP) is 1.35. The molecule has 0 radical (unpaired) electrons. The molecule has 0 aliphatic carbocycles. The Hall–Kier alpha value is -2.31. The van der Waals surface area contributed by atoms with Gasteiger partial charge < -0.3 is 14.7 Å². The van der Waals surface area contributed by atoms with Gasteiger partial charge >= 0.3 is 0 Å². The highest BCUT2D eigenvalue weighted by atomic mass is 32.2. The highest BCUT2D eigenvalue weighted by molar-refractivity contribution is 8.26.